The fourth-order valence-electron chi connectivity index (χ4n) is 2.16. The molecule has 3 aromatic heterocycles. The Morgan fingerprint density at radius 2 is 1.29 bits per heavy atom. The number of rotatable bonds is 3. The zero-order valence-electron chi connectivity index (χ0n) is 17.8. The molecule has 0 saturated heterocycles. The number of carbonyl (C=O) groups is 1. The van der Waals surface area contributed by atoms with Crippen LogP contribution in [0.4, 0.5) is 0 Å². The normalized spacial score (nSPS) is 8.15. The quantitative estimate of drug-likeness (QED) is 0.184. The molecule has 0 saturated carbocycles. The second-order valence-electron chi connectivity index (χ2n) is 5.20. The third kappa shape index (κ3) is 10.9. The Balaban J connectivity index is 0. The molecule has 1 aromatic carbocycles. The zero-order chi connectivity index (χ0) is 24.9. The minimum absolute atomic E-state index is 0. The van der Waals surface area contributed by atoms with E-state index < -0.39 is 0 Å². The molecule has 0 amide bonds. The van der Waals surface area contributed by atoms with Crippen LogP contribution in [0, 0.1) is 0 Å². The van der Waals surface area contributed by atoms with Crippen molar-refractivity contribution in [2.45, 2.75) is 0 Å². The maximum Gasteiger partial charge on any atom is 0.337 e. The van der Waals surface area contributed by atoms with Crippen molar-refractivity contribution < 1.29 is 44.3 Å². The Bertz CT molecular complexity index is 981. The summed E-state index contributed by atoms with van der Waals surface area (Å²) in [4.78, 5) is 42.8. The van der Waals surface area contributed by atoms with E-state index >= 15 is 0 Å². The number of benzene rings is 1. The summed E-state index contributed by atoms with van der Waals surface area (Å²) in [5.74, 6) is 0.0626. The van der Waals surface area contributed by atoms with E-state index in [0.717, 1.165) is 17.0 Å². The molecule has 34 heavy (non-hydrogen) atoms. The van der Waals surface area contributed by atoms with Crippen LogP contribution >= 0.6 is 0 Å². The van der Waals surface area contributed by atoms with Crippen molar-refractivity contribution in [1.82, 2.24) is 30.6 Å². The number of aromatic nitrogens is 6. The van der Waals surface area contributed by atoms with Crippen molar-refractivity contribution >= 4 is 26.3 Å². The van der Waals surface area contributed by atoms with Gasteiger partial charge in [0.1, 0.15) is 0 Å². The molecular formula is C22H18N6O5Re-4. The summed E-state index contributed by atoms with van der Waals surface area (Å²) in [5, 5.41) is 14.1. The number of pyridine rings is 2. The smallest absolute Gasteiger partial charge is 0.337 e. The van der Waals surface area contributed by atoms with Gasteiger partial charge < -0.3 is 24.2 Å². The molecule has 0 aliphatic carbocycles. The third-order valence-corrected chi connectivity index (χ3v) is 3.48. The number of hydrogen-bond donors (Lipinski definition) is 0. The maximum absolute atomic E-state index is 11.1. The van der Waals surface area contributed by atoms with Gasteiger partial charge in [-0.25, -0.2) is 9.89 Å². The van der Waals surface area contributed by atoms with Crippen LogP contribution in [0.3, 0.4) is 0 Å². The average molecular weight is 633 g/mol. The molecular weight excluding hydrogens is 614 g/mol. The van der Waals surface area contributed by atoms with Gasteiger partial charge in [0, 0.05) is 32.8 Å². The van der Waals surface area contributed by atoms with Crippen LogP contribution in [0.1, 0.15) is 10.4 Å². The van der Waals surface area contributed by atoms with E-state index in [1.165, 1.54) is 7.11 Å². The summed E-state index contributed by atoms with van der Waals surface area (Å²) in [6, 6.07) is 18.3. The first-order chi connectivity index (χ1) is 16.3. The SMILES string of the molecule is COC(=O)c1ccc(-c2nn[n-]n2)cc1.[CH-]=O.[CH-]=O.[CH-]=O.[Re].c1ccc(-c2ccccn2)nc1. The zero-order valence-corrected chi connectivity index (χ0v) is 20.5. The van der Waals surface area contributed by atoms with Crippen molar-refractivity contribution in [3.63, 3.8) is 0 Å². The van der Waals surface area contributed by atoms with Crippen LogP contribution in [0.25, 0.3) is 22.8 Å². The van der Waals surface area contributed by atoms with Crippen LogP contribution in [0.15, 0.2) is 73.1 Å². The van der Waals surface area contributed by atoms with Gasteiger partial charge in [0.15, 0.2) is 0 Å². The van der Waals surface area contributed by atoms with E-state index in [4.69, 9.17) is 14.4 Å². The minimum atomic E-state index is -0.374. The Morgan fingerprint density at radius 1 is 0.794 bits per heavy atom. The summed E-state index contributed by atoms with van der Waals surface area (Å²) >= 11 is 0. The second-order valence-corrected chi connectivity index (χ2v) is 5.20. The number of hydrogen-bond acceptors (Lipinski definition) is 10. The summed E-state index contributed by atoms with van der Waals surface area (Å²) in [6.45, 7) is 9.75. The number of carbonyl (C=O) groups excluding carboxylic acids is 4. The van der Waals surface area contributed by atoms with Crippen molar-refractivity contribution in [2.24, 2.45) is 0 Å². The molecule has 0 aliphatic rings. The maximum atomic E-state index is 11.1. The largest absolute Gasteiger partial charge is 0.545 e. The van der Waals surface area contributed by atoms with Crippen LogP contribution in [-0.4, -0.2) is 58.8 Å². The minimum Gasteiger partial charge on any atom is -0.545 e. The third-order valence-electron chi connectivity index (χ3n) is 3.48. The number of nitrogens with zero attached hydrogens (tertiary/aromatic N) is 6. The van der Waals surface area contributed by atoms with Gasteiger partial charge in [-0.15, -0.1) is 0 Å². The van der Waals surface area contributed by atoms with Gasteiger partial charge in [0.2, 0.25) is 0 Å². The Hall–Kier alpha value is -4.27. The monoisotopic (exact) mass is 633 g/mol. The van der Waals surface area contributed by atoms with Gasteiger partial charge in [0.25, 0.3) is 0 Å². The second kappa shape index (κ2) is 20.6. The standard InChI is InChI=1S/C10H8N2.C9H8N4O2.3CHO.Re/c1-3-7-11-9(5-1)10-6-2-4-8-12-10;1-15-9(14)7-4-2-6(3-5-7)8-10-12-13-11-8;3*1-2;/h1-8H;2-5H,1H3,(H,10,11,12,13,14);3*1H;/q;;3*-1;/p-1. The summed E-state index contributed by atoms with van der Waals surface area (Å²) in [6.07, 6.45) is 3.54. The van der Waals surface area contributed by atoms with Crippen LogP contribution in [0.5, 0.6) is 0 Å². The molecule has 0 fully saturated rings. The molecule has 4 rings (SSSR count). The van der Waals surface area contributed by atoms with E-state index in [-0.39, 0.29) is 26.4 Å². The summed E-state index contributed by atoms with van der Waals surface area (Å²) in [5.41, 5.74) is 3.07. The Morgan fingerprint density at radius 3 is 1.65 bits per heavy atom. The Labute approximate surface area is 209 Å². The van der Waals surface area contributed by atoms with Crippen LogP contribution in [0.2, 0.25) is 0 Å². The van der Waals surface area contributed by atoms with E-state index in [1.54, 1.807) is 36.7 Å². The van der Waals surface area contributed by atoms with E-state index in [0.29, 0.717) is 11.4 Å². The predicted octanol–water partition coefficient (Wildman–Crippen LogP) is 1.60. The molecule has 0 unspecified atom stereocenters. The number of methoxy groups -OCH3 is 1. The Kier molecular flexibility index (Phi) is 19.4. The average Bonchev–Trinajstić information content (AvgIpc) is 3.48. The molecule has 0 spiro atoms. The molecule has 177 valence electrons. The van der Waals surface area contributed by atoms with Crippen LogP contribution < -0.4 is 5.21 Å². The molecule has 12 heteroatoms. The van der Waals surface area contributed by atoms with Gasteiger partial charge >= 0.3 is 5.97 Å². The fraction of sp³-hybridized carbons (Fsp3) is 0.0455. The molecule has 4 aromatic rings. The number of esters is 1. The topological polar surface area (TPSA) is 156 Å². The van der Waals surface area contributed by atoms with E-state index in [1.807, 2.05) is 36.4 Å². The molecule has 1 radical (unpaired) electrons. The van der Waals surface area contributed by atoms with Gasteiger partial charge in [0.05, 0.1) is 29.9 Å². The van der Waals surface area contributed by atoms with Crippen molar-refractivity contribution in [1.29, 1.82) is 0 Å². The molecule has 0 aliphatic heterocycles. The fourth-order valence-corrected chi connectivity index (χ4v) is 2.16. The van der Waals surface area contributed by atoms with Gasteiger partial charge in [-0.3, -0.25) is 40.8 Å². The van der Waals surface area contributed by atoms with Gasteiger partial charge in [-0.1, -0.05) is 24.3 Å². The number of tetrazole rings is 1. The summed E-state index contributed by atoms with van der Waals surface area (Å²) < 4.78 is 4.57. The molecule has 0 N–H and O–H groups in total. The first-order valence-corrected chi connectivity index (χ1v) is 8.68. The van der Waals surface area contributed by atoms with Crippen molar-refractivity contribution in [3.05, 3.63) is 78.6 Å². The van der Waals surface area contributed by atoms with Crippen LogP contribution in [-0.2, 0) is 39.5 Å². The van der Waals surface area contributed by atoms with Gasteiger partial charge in [-0.05, 0) is 42.0 Å². The van der Waals surface area contributed by atoms with E-state index in [9.17, 15) is 4.79 Å². The first kappa shape index (κ1) is 31.9. The predicted molar refractivity (Wildman–Crippen MR) is 118 cm³/mol. The van der Waals surface area contributed by atoms with Gasteiger partial charge in [-0.2, -0.15) is 0 Å². The van der Waals surface area contributed by atoms with E-state index in [2.05, 4.69) is 55.7 Å². The molecule has 3 heterocycles. The first-order valence-electron chi connectivity index (χ1n) is 8.68. The molecule has 11 nitrogen and oxygen atoms in total. The van der Waals surface area contributed by atoms with Crippen molar-refractivity contribution in [2.75, 3.05) is 7.11 Å². The number of ether oxygens (including phenoxy) is 1. The van der Waals surface area contributed by atoms with Crippen molar-refractivity contribution in [3.8, 4) is 22.8 Å². The molecule has 0 bridgehead atoms. The molecule has 0 atom stereocenters. The summed E-state index contributed by atoms with van der Waals surface area (Å²) in [7, 11) is 1.34.